The lowest BCUT2D eigenvalue weighted by atomic mass is 10.3. The van der Waals surface area contributed by atoms with E-state index in [1.165, 1.54) is 19.2 Å². The standard InChI is InChI=1S/C7H9BrN4/c8-5-6(4-1-2-4)10-3-11-7(5)12-9/h3-4H,1-2,9H2,(H,10,11,12). The minimum absolute atomic E-state index is 0.606. The lowest BCUT2D eigenvalue weighted by Gasteiger charge is -2.05. The number of rotatable bonds is 2. The Bertz CT molecular complexity index is 297. The number of hydrazine groups is 1. The largest absolute Gasteiger partial charge is 0.307 e. The first-order valence-electron chi connectivity index (χ1n) is 3.80. The lowest BCUT2D eigenvalue weighted by Crippen LogP contribution is -2.10. The highest BCUT2D eigenvalue weighted by Gasteiger charge is 2.28. The molecule has 0 spiro atoms. The van der Waals surface area contributed by atoms with Gasteiger partial charge in [-0.15, -0.1) is 0 Å². The van der Waals surface area contributed by atoms with Crippen LogP contribution in [0.4, 0.5) is 5.82 Å². The topological polar surface area (TPSA) is 63.8 Å². The molecule has 3 N–H and O–H groups in total. The molecule has 1 aliphatic carbocycles. The van der Waals surface area contributed by atoms with Gasteiger partial charge in [0.25, 0.3) is 0 Å². The molecule has 1 fully saturated rings. The quantitative estimate of drug-likeness (QED) is 0.594. The maximum absolute atomic E-state index is 5.27. The van der Waals surface area contributed by atoms with Gasteiger partial charge in [0.2, 0.25) is 0 Å². The summed E-state index contributed by atoms with van der Waals surface area (Å²) in [4.78, 5) is 8.17. The van der Waals surface area contributed by atoms with Crippen molar-refractivity contribution in [3.63, 3.8) is 0 Å². The molecule has 0 unspecified atom stereocenters. The minimum atomic E-state index is 0.606. The van der Waals surface area contributed by atoms with Gasteiger partial charge in [0.1, 0.15) is 6.33 Å². The van der Waals surface area contributed by atoms with Crippen molar-refractivity contribution in [1.82, 2.24) is 9.97 Å². The normalized spacial score (nSPS) is 16.2. The molecule has 0 bridgehead atoms. The van der Waals surface area contributed by atoms with Crippen molar-refractivity contribution in [2.45, 2.75) is 18.8 Å². The summed E-state index contributed by atoms with van der Waals surface area (Å²) in [6.45, 7) is 0. The molecule has 0 aromatic carbocycles. The third-order valence-corrected chi connectivity index (χ3v) is 2.70. The van der Waals surface area contributed by atoms with Gasteiger partial charge < -0.3 is 5.43 Å². The Kier molecular flexibility index (Phi) is 1.98. The number of nitrogens with two attached hydrogens (primary N) is 1. The monoisotopic (exact) mass is 228 g/mol. The lowest BCUT2D eigenvalue weighted by molar-refractivity contribution is 0.970. The zero-order valence-electron chi connectivity index (χ0n) is 6.42. The summed E-state index contributed by atoms with van der Waals surface area (Å²) in [6, 6.07) is 0. The molecule has 1 saturated carbocycles. The number of aromatic nitrogens is 2. The van der Waals surface area contributed by atoms with Crippen molar-refractivity contribution < 1.29 is 0 Å². The summed E-state index contributed by atoms with van der Waals surface area (Å²) < 4.78 is 0.898. The van der Waals surface area contributed by atoms with E-state index < -0.39 is 0 Å². The molecule has 0 saturated heterocycles. The van der Waals surface area contributed by atoms with Gasteiger partial charge in [0.15, 0.2) is 5.82 Å². The average molecular weight is 229 g/mol. The van der Waals surface area contributed by atoms with Crippen LogP contribution in [0.1, 0.15) is 24.5 Å². The molecule has 1 aliphatic rings. The molecule has 5 heteroatoms. The summed E-state index contributed by atoms with van der Waals surface area (Å²) >= 11 is 3.41. The third-order valence-electron chi connectivity index (χ3n) is 1.92. The van der Waals surface area contributed by atoms with Gasteiger partial charge in [-0.3, -0.25) is 0 Å². The highest BCUT2D eigenvalue weighted by Crippen LogP contribution is 2.43. The van der Waals surface area contributed by atoms with E-state index in [1.54, 1.807) is 0 Å². The number of nitrogens with zero attached hydrogens (tertiary/aromatic N) is 2. The fraction of sp³-hybridized carbons (Fsp3) is 0.429. The smallest absolute Gasteiger partial charge is 0.158 e. The minimum Gasteiger partial charge on any atom is -0.307 e. The van der Waals surface area contributed by atoms with Gasteiger partial charge in [-0.05, 0) is 28.8 Å². The molecule has 12 heavy (non-hydrogen) atoms. The number of nitrogens with one attached hydrogen (secondary N) is 1. The van der Waals surface area contributed by atoms with Gasteiger partial charge in [-0.25, -0.2) is 15.8 Å². The molecular formula is C7H9BrN4. The molecule has 64 valence electrons. The summed E-state index contributed by atoms with van der Waals surface area (Å²) in [7, 11) is 0. The molecule has 1 aromatic heterocycles. The van der Waals surface area contributed by atoms with Crippen LogP contribution in [0.15, 0.2) is 10.8 Å². The number of hydrogen-bond donors (Lipinski definition) is 2. The van der Waals surface area contributed by atoms with Gasteiger partial charge in [-0.1, -0.05) is 0 Å². The maximum Gasteiger partial charge on any atom is 0.158 e. The number of nitrogen functional groups attached to an aromatic ring is 1. The maximum atomic E-state index is 5.27. The van der Waals surface area contributed by atoms with E-state index in [0.717, 1.165) is 10.2 Å². The Morgan fingerprint density at radius 3 is 2.83 bits per heavy atom. The zero-order chi connectivity index (χ0) is 8.55. The molecule has 2 rings (SSSR count). The van der Waals surface area contributed by atoms with Gasteiger partial charge >= 0.3 is 0 Å². The first-order valence-corrected chi connectivity index (χ1v) is 4.59. The Morgan fingerprint density at radius 2 is 2.25 bits per heavy atom. The van der Waals surface area contributed by atoms with E-state index in [4.69, 9.17) is 5.84 Å². The van der Waals surface area contributed by atoms with E-state index >= 15 is 0 Å². The molecule has 1 heterocycles. The van der Waals surface area contributed by atoms with E-state index in [0.29, 0.717) is 11.7 Å². The molecular weight excluding hydrogens is 220 g/mol. The molecule has 0 atom stereocenters. The SMILES string of the molecule is NNc1ncnc(C2CC2)c1Br. The second kappa shape index (κ2) is 2.99. The van der Waals surface area contributed by atoms with Crippen LogP contribution in [-0.2, 0) is 0 Å². The highest BCUT2D eigenvalue weighted by molar-refractivity contribution is 9.10. The van der Waals surface area contributed by atoms with Gasteiger partial charge in [-0.2, -0.15) is 0 Å². The Labute approximate surface area is 78.7 Å². The van der Waals surface area contributed by atoms with Gasteiger partial charge in [0, 0.05) is 5.92 Å². The number of hydrogen-bond acceptors (Lipinski definition) is 4. The highest BCUT2D eigenvalue weighted by atomic mass is 79.9. The third kappa shape index (κ3) is 1.30. The molecule has 1 aromatic rings. The average Bonchev–Trinajstić information content (AvgIpc) is 2.88. The molecule has 0 aliphatic heterocycles. The summed E-state index contributed by atoms with van der Waals surface area (Å²) in [5.41, 5.74) is 3.59. The van der Waals surface area contributed by atoms with E-state index in [2.05, 4.69) is 31.3 Å². The van der Waals surface area contributed by atoms with Crippen LogP contribution in [0.5, 0.6) is 0 Å². The van der Waals surface area contributed by atoms with Crippen molar-refractivity contribution in [2.75, 3.05) is 5.43 Å². The van der Waals surface area contributed by atoms with Crippen molar-refractivity contribution in [1.29, 1.82) is 0 Å². The molecule has 0 amide bonds. The van der Waals surface area contributed by atoms with Crippen LogP contribution in [0.2, 0.25) is 0 Å². The second-order valence-corrected chi connectivity index (χ2v) is 3.63. The fourth-order valence-electron chi connectivity index (χ4n) is 1.13. The van der Waals surface area contributed by atoms with Crippen LogP contribution >= 0.6 is 15.9 Å². The first-order chi connectivity index (χ1) is 5.83. The Morgan fingerprint density at radius 1 is 1.50 bits per heavy atom. The van der Waals surface area contributed by atoms with Crippen molar-refractivity contribution in [2.24, 2.45) is 5.84 Å². The van der Waals surface area contributed by atoms with E-state index in [1.807, 2.05) is 0 Å². The fourth-order valence-corrected chi connectivity index (χ4v) is 1.77. The zero-order valence-corrected chi connectivity index (χ0v) is 8.00. The number of halogens is 1. The second-order valence-electron chi connectivity index (χ2n) is 2.84. The summed E-state index contributed by atoms with van der Waals surface area (Å²) in [5, 5.41) is 0. The predicted molar refractivity (Wildman–Crippen MR) is 49.5 cm³/mol. The van der Waals surface area contributed by atoms with Crippen molar-refractivity contribution in [3.8, 4) is 0 Å². The van der Waals surface area contributed by atoms with Crippen LogP contribution in [0.25, 0.3) is 0 Å². The van der Waals surface area contributed by atoms with Crippen LogP contribution in [0, 0.1) is 0 Å². The Hall–Kier alpha value is -0.680. The van der Waals surface area contributed by atoms with Crippen molar-refractivity contribution >= 4 is 21.7 Å². The molecule has 0 radical (unpaired) electrons. The van der Waals surface area contributed by atoms with Crippen LogP contribution in [-0.4, -0.2) is 9.97 Å². The molecule has 4 nitrogen and oxygen atoms in total. The predicted octanol–water partition coefficient (Wildman–Crippen LogP) is 1.40. The summed E-state index contributed by atoms with van der Waals surface area (Å²) in [5.74, 6) is 6.53. The van der Waals surface area contributed by atoms with E-state index in [9.17, 15) is 0 Å². The van der Waals surface area contributed by atoms with E-state index in [-0.39, 0.29) is 0 Å². The number of anilines is 1. The van der Waals surface area contributed by atoms with Crippen LogP contribution < -0.4 is 11.3 Å². The first kappa shape index (κ1) is 7.94. The Balaban J connectivity index is 2.40. The van der Waals surface area contributed by atoms with Crippen LogP contribution in [0.3, 0.4) is 0 Å². The summed E-state index contributed by atoms with van der Waals surface area (Å²) in [6.07, 6.45) is 3.98. The van der Waals surface area contributed by atoms with Crippen molar-refractivity contribution in [3.05, 3.63) is 16.5 Å². The van der Waals surface area contributed by atoms with Gasteiger partial charge in [0.05, 0.1) is 10.2 Å².